The maximum Gasteiger partial charge on any atom is 0.228 e. The number of nitrogens with one attached hydrogen (secondary N) is 1. The standard InChI is InChI=1S/C19H19NO2/c1-12-7-8-18-16(9-12)15(11-22-18)10-19(21)20-17-6-4-5-13(2)14(17)3/h4-9,11H,10H2,1-3H3,(H,20,21). The summed E-state index contributed by atoms with van der Waals surface area (Å²) in [5, 5.41) is 4.00. The molecule has 1 aromatic heterocycles. The number of carbonyl (C=O) groups excluding carboxylic acids is 1. The highest BCUT2D eigenvalue weighted by atomic mass is 16.3. The summed E-state index contributed by atoms with van der Waals surface area (Å²) < 4.78 is 5.52. The molecule has 112 valence electrons. The number of hydrogen-bond donors (Lipinski definition) is 1. The molecule has 3 rings (SSSR count). The Labute approximate surface area is 130 Å². The number of carbonyl (C=O) groups is 1. The molecule has 0 aliphatic rings. The SMILES string of the molecule is Cc1ccc2occ(CC(=O)Nc3cccc(C)c3C)c2c1. The molecule has 0 aliphatic carbocycles. The summed E-state index contributed by atoms with van der Waals surface area (Å²) >= 11 is 0. The van der Waals surface area contributed by atoms with Gasteiger partial charge in [-0.25, -0.2) is 0 Å². The summed E-state index contributed by atoms with van der Waals surface area (Å²) in [7, 11) is 0. The fourth-order valence-electron chi connectivity index (χ4n) is 2.59. The maximum atomic E-state index is 12.3. The Bertz CT molecular complexity index is 846. The third kappa shape index (κ3) is 2.75. The lowest BCUT2D eigenvalue weighted by molar-refractivity contribution is -0.115. The minimum Gasteiger partial charge on any atom is -0.464 e. The van der Waals surface area contributed by atoms with Crippen molar-refractivity contribution in [1.82, 2.24) is 0 Å². The molecule has 3 nitrogen and oxygen atoms in total. The molecule has 3 heteroatoms. The van der Waals surface area contributed by atoms with Crippen molar-refractivity contribution < 1.29 is 9.21 Å². The van der Waals surface area contributed by atoms with E-state index in [-0.39, 0.29) is 5.91 Å². The highest BCUT2D eigenvalue weighted by Gasteiger charge is 2.12. The van der Waals surface area contributed by atoms with E-state index in [4.69, 9.17) is 4.42 Å². The van der Waals surface area contributed by atoms with E-state index in [9.17, 15) is 4.79 Å². The van der Waals surface area contributed by atoms with Crippen LogP contribution in [0.15, 0.2) is 47.1 Å². The second-order valence-corrected chi connectivity index (χ2v) is 5.73. The zero-order valence-corrected chi connectivity index (χ0v) is 13.1. The van der Waals surface area contributed by atoms with Crippen molar-refractivity contribution >= 4 is 22.6 Å². The van der Waals surface area contributed by atoms with Gasteiger partial charge in [-0.1, -0.05) is 23.8 Å². The van der Waals surface area contributed by atoms with Crippen LogP contribution >= 0.6 is 0 Å². The molecular formula is C19H19NO2. The van der Waals surface area contributed by atoms with Crippen LogP contribution in [0.3, 0.4) is 0 Å². The zero-order chi connectivity index (χ0) is 15.7. The molecule has 1 heterocycles. The normalized spacial score (nSPS) is 10.9. The van der Waals surface area contributed by atoms with Crippen LogP contribution in [0.25, 0.3) is 11.0 Å². The van der Waals surface area contributed by atoms with E-state index in [1.165, 1.54) is 5.56 Å². The van der Waals surface area contributed by atoms with Crippen molar-refractivity contribution in [2.75, 3.05) is 5.32 Å². The zero-order valence-electron chi connectivity index (χ0n) is 13.1. The number of hydrogen-bond acceptors (Lipinski definition) is 2. The first-order valence-corrected chi connectivity index (χ1v) is 7.37. The summed E-state index contributed by atoms with van der Waals surface area (Å²) in [5.74, 6) is -0.0297. The van der Waals surface area contributed by atoms with E-state index in [2.05, 4.69) is 11.4 Å². The molecule has 0 atom stereocenters. The molecule has 0 bridgehead atoms. The van der Waals surface area contributed by atoms with Crippen molar-refractivity contribution in [3.8, 4) is 0 Å². The van der Waals surface area contributed by atoms with Crippen molar-refractivity contribution in [1.29, 1.82) is 0 Å². The van der Waals surface area contributed by atoms with Gasteiger partial charge in [-0.3, -0.25) is 4.79 Å². The Kier molecular flexibility index (Phi) is 3.72. The number of furan rings is 1. The number of amides is 1. The van der Waals surface area contributed by atoms with Crippen LogP contribution in [0.5, 0.6) is 0 Å². The van der Waals surface area contributed by atoms with E-state index >= 15 is 0 Å². The summed E-state index contributed by atoms with van der Waals surface area (Å²) in [6.45, 7) is 6.09. The fraction of sp³-hybridized carbons (Fsp3) is 0.211. The Morgan fingerprint density at radius 2 is 1.95 bits per heavy atom. The third-order valence-corrected chi connectivity index (χ3v) is 4.04. The van der Waals surface area contributed by atoms with Crippen LogP contribution in [-0.2, 0) is 11.2 Å². The number of fused-ring (bicyclic) bond motifs is 1. The smallest absolute Gasteiger partial charge is 0.228 e. The fourth-order valence-corrected chi connectivity index (χ4v) is 2.59. The monoisotopic (exact) mass is 293 g/mol. The van der Waals surface area contributed by atoms with Crippen LogP contribution < -0.4 is 5.32 Å². The van der Waals surface area contributed by atoms with E-state index < -0.39 is 0 Å². The molecule has 3 aromatic rings. The van der Waals surface area contributed by atoms with Gasteiger partial charge in [0.25, 0.3) is 0 Å². The lowest BCUT2D eigenvalue weighted by Crippen LogP contribution is -2.15. The first kappa shape index (κ1) is 14.4. The Morgan fingerprint density at radius 1 is 1.14 bits per heavy atom. The lowest BCUT2D eigenvalue weighted by Gasteiger charge is -2.10. The van der Waals surface area contributed by atoms with Crippen molar-refractivity contribution in [2.45, 2.75) is 27.2 Å². The van der Waals surface area contributed by atoms with Gasteiger partial charge in [0.15, 0.2) is 0 Å². The maximum absolute atomic E-state index is 12.3. The molecule has 0 unspecified atom stereocenters. The van der Waals surface area contributed by atoms with Crippen LogP contribution in [0.4, 0.5) is 5.69 Å². The average Bonchev–Trinajstić information content (AvgIpc) is 2.86. The summed E-state index contributed by atoms with van der Waals surface area (Å²) in [6.07, 6.45) is 1.98. The van der Waals surface area contributed by atoms with Crippen LogP contribution in [0.2, 0.25) is 0 Å². The molecule has 0 fully saturated rings. The van der Waals surface area contributed by atoms with Gasteiger partial charge in [-0.15, -0.1) is 0 Å². The minimum absolute atomic E-state index is 0.0297. The van der Waals surface area contributed by atoms with Gasteiger partial charge in [0.2, 0.25) is 5.91 Å². The van der Waals surface area contributed by atoms with Gasteiger partial charge >= 0.3 is 0 Å². The third-order valence-electron chi connectivity index (χ3n) is 4.04. The highest BCUT2D eigenvalue weighted by molar-refractivity contribution is 5.96. The molecule has 0 saturated heterocycles. The molecule has 0 radical (unpaired) electrons. The summed E-state index contributed by atoms with van der Waals surface area (Å²) in [6, 6.07) is 11.9. The second-order valence-electron chi connectivity index (χ2n) is 5.73. The van der Waals surface area contributed by atoms with E-state index in [0.29, 0.717) is 6.42 Å². The van der Waals surface area contributed by atoms with Gasteiger partial charge < -0.3 is 9.73 Å². The number of aryl methyl sites for hydroxylation is 2. The molecule has 2 aromatic carbocycles. The Hall–Kier alpha value is -2.55. The predicted octanol–water partition coefficient (Wildman–Crippen LogP) is 4.54. The molecule has 1 N–H and O–H groups in total. The van der Waals surface area contributed by atoms with E-state index in [1.54, 1.807) is 6.26 Å². The Morgan fingerprint density at radius 3 is 2.77 bits per heavy atom. The van der Waals surface area contributed by atoms with Crippen LogP contribution in [0.1, 0.15) is 22.3 Å². The first-order valence-electron chi connectivity index (χ1n) is 7.37. The van der Waals surface area contributed by atoms with Gasteiger partial charge in [0, 0.05) is 16.6 Å². The van der Waals surface area contributed by atoms with Crippen LogP contribution in [-0.4, -0.2) is 5.91 Å². The topological polar surface area (TPSA) is 42.2 Å². The Balaban J connectivity index is 1.81. The van der Waals surface area contributed by atoms with Gasteiger partial charge in [-0.2, -0.15) is 0 Å². The van der Waals surface area contributed by atoms with Crippen LogP contribution in [0, 0.1) is 20.8 Å². The number of anilines is 1. The molecule has 0 spiro atoms. The lowest BCUT2D eigenvalue weighted by atomic mass is 10.1. The largest absolute Gasteiger partial charge is 0.464 e. The van der Waals surface area contributed by atoms with E-state index in [0.717, 1.165) is 33.3 Å². The van der Waals surface area contributed by atoms with Gasteiger partial charge in [0.05, 0.1) is 12.7 Å². The summed E-state index contributed by atoms with van der Waals surface area (Å²) in [4.78, 5) is 12.3. The van der Waals surface area contributed by atoms with E-state index in [1.807, 2.05) is 51.1 Å². The van der Waals surface area contributed by atoms with Crippen molar-refractivity contribution in [3.05, 3.63) is 64.9 Å². The average molecular weight is 293 g/mol. The van der Waals surface area contributed by atoms with Crippen molar-refractivity contribution in [2.24, 2.45) is 0 Å². The van der Waals surface area contributed by atoms with Gasteiger partial charge in [0.1, 0.15) is 5.58 Å². The quantitative estimate of drug-likeness (QED) is 0.770. The molecular weight excluding hydrogens is 274 g/mol. The molecule has 0 aliphatic heterocycles. The first-order chi connectivity index (χ1) is 10.5. The molecule has 1 amide bonds. The van der Waals surface area contributed by atoms with Gasteiger partial charge in [-0.05, 0) is 50.1 Å². The van der Waals surface area contributed by atoms with Crippen molar-refractivity contribution in [3.63, 3.8) is 0 Å². The number of benzene rings is 2. The predicted molar refractivity (Wildman–Crippen MR) is 89.2 cm³/mol. The second kappa shape index (κ2) is 5.68. The number of rotatable bonds is 3. The summed E-state index contributed by atoms with van der Waals surface area (Å²) in [5.41, 5.74) is 6.03. The highest BCUT2D eigenvalue weighted by Crippen LogP contribution is 2.24. The molecule has 0 saturated carbocycles. The minimum atomic E-state index is -0.0297. The molecule has 22 heavy (non-hydrogen) atoms.